The lowest BCUT2D eigenvalue weighted by atomic mass is 10.0. The van der Waals surface area contributed by atoms with Gasteiger partial charge in [0.05, 0.1) is 12.2 Å². The van der Waals surface area contributed by atoms with Gasteiger partial charge in [-0.15, -0.1) is 0 Å². The van der Waals surface area contributed by atoms with Crippen LogP contribution in [-0.2, 0) is 0 Å². The van der Waals surface area contributed by atoms with E-state index in [1.807, 2.05) is 6.92 Å². The molecule has 1 rings (SSSR count). The molecule has 0 aromatic rings. The second-order valence-corrected chi connectivity index (χ2v) is 4.57. The molecule has 0 spiro atoms. The molecule has 0 heterocycles. The Hall–Kier alpha value is 0.230. The summed E-state index contributed by atoms with van der Waals surface area (Å²) in [5, 5.41) is 22.5. The smallest absolute Gasteiger partial charge is 0.0951 e. The lowest BCUT2D eigenvalue weighted by molar-refractivity contribution is -0.00216. The number of rotatable bonds is 2. The Morgan fingerprint density at radius 2 is 1.92 bits per heavy atom. The highest BCUT2D eigenvalue weighted by molar-refractivity contribution is 7.80. The minimum atomic E-state index is -0.642. The Morgan fingerprint density at radius 3 is 2.54 bits per heavy atom. The summed E-state index contributed by atoms with van der Waals surface area (Å²) in [5.74, 6) is 0. The largest absolute Gasteiger partial charge is 0.390 e. The van der Waals surface area contributed by atoms with Gasteiger partial charge >= 0.3 is 0 Å². The predicted octanol–water partition coefficient (Wildman–Crippen LogP) is 0.516. The molecule has 0 bridgehead atoms. The van der Waals surface area contributed by atoms with Crippen LogP contribution < -0.4 is 5.32 Å². The van der Waals surface area contributed by atoms with Crippen LogP contribution in [-0.4, -0.2) is 33.8 Å². The van der Waals surface area contributed by atoms with Crippen molar-refractivity contribution in [3.63, 3.8) is 0 Å². The number of hydrogen-bond donors (Lipinski definition) is 4. The van der Waals surface area contributed by atoms with Crippen LogP contribution in [0.2, 0.25) is 0 Å². The van der Waals surface area contributed by atoms with Crippen molar-refractivity contribution in [3.8, 4) is 0 Å². The fraction of sp³-hybridized carbons (Fsp3) is 1.00. The summed E-state index contributed by atoms with van der Waals surface area (Å²) in [7, 11) is 0. The first kappa shape index (κ1) is 11.3. The van der Waals surface area contributed by atoms with Crippen molar-refractivity contribution in [2.75, 3.05) is 0 Å². The minimum absolute atomic E-state index is 0.00926. The van der Waals surface area contributed by atoms with Crippen LogP contribution in [0.1, 0.15) is 32.6 Å². The van der Waals surface area contributed by atoms with Crippen LogP contribution in [0.4, 0.5) is 0 Å². The first-order chi connectivity index (χ1) is 6.11. The zero-order chi connectivity index (χ0) is 9.84. The average Bonchev–Trinajstić information content (AvgIpc) is 2.19. The molecule has 4 atom stereocenters. The second kappa shape index (κ2) is 5.20. The number of nitrogens with one attached hydrogen (secondary N) is 1. The highest BCUT2D eigenvalue weighted by Gasteiger charge is 2.28. The van der Waals surface area contributed by atoms with Crippen molar-refractivity contribution in [2.24, 2.45) is 0 Å². The Bertz CT molecular complexity index is 155. The standard InChI is InChI=1S/C9H19NO2S/c1-6(13)10-7-4-2-3-5-8(11)9(7)12/h6-13H,2-5H2,1H3/t6?,7-,8+,9-/m0/s1. The Kier molecular flexibility index (Phi) is 4.52. The van der Waals surface area contributed by atoms with E-state index in [9.17, 15) is 10.2 Å². The van der Waals surface area contributed by atoms with Crippen molar-refractivity contribution in [1.29, 1.82) is 0 Å². The maximum Gasteiger partial charge on any atom is 0.0951 e. The third kappa shape index (κ3) is 3.46. The molecule has 1 saturated carbocycles. The summed E-state index contributed by atoms with van der Waals surface area (Å²) in [6, 6.07) is -0.00926. The third-order valence-electron chi connectivity index (χ3n) is 2.53. The van der Waals surface area contributed by atoms with E-state index in [1.54, 1.807) is 0 Å². The Balaban J connectivity index is 2.49. The molecule has 0 aromatic carbocycles. The van der Waals surface area contributed by atoms with Crippen molar-refractivity contribution in [2.45, 2.75) is 56.2 Å². The van der Waals surface area contributed by atoms with Gasteiger partial charge in [-0.05, 0) is 19.8 Å². The topological polar surface area (TPSA) is 52.5 Å². The van der Waals surface area contributed by atoms with Crippen molar-refractivity contribution < 1.29 is 10.2 Å². The maximum absolute atomic E-state index is 9.72. The lowest BCUT2D eigenvalue weighted by Crippen LogP contribution is -2.47. The molecule has 0 radical (unpaired) electrons. The lowest BCUT2D eigenvalue weighted by Gasteiger charge is -2.26. The predicted molar refractivity (Wildman–Crippen MR) is 55.9 cm³/mol. The van der Waals surface area contributed by atoms with Crippen LogP contribution in [0.3, 0.4) is 0 Å². The number of aliphatic hydroxyl groups is 2. The molecule has 4 heteroatoms. The molecule has 1 aliphatic rings. The average molecular weight is 205 g/mol. The molecular weight excluding hydrogens is 186 g/mol. The summed E-state index contributed by atoms with van der Waals surface area (Å²) in [6.07, 6.45) is 2.47. The normalized spacial score (nSPS) is 38.3. The van der Waals surface area contributed by atoms with E-state index >= 15 is 0 Å². The fourth-order valence-corrected chi connectivity index (χ4v) is 2.01. The first-order valence-corrected chi connectivity index (χ1v) is 5.43. The molecule has 13 heavy (non-hydrogen) atoms. The van der Waals surface area contributed by atoms with E-state index in [2.05, 4.69) is 17.9 Å². The fourth-order valence-electron chi connectivity index (χ4n) is 1.82. The van der Waals surface area contributed by atoms with Gasteiger partial charge in [-0.25, -0.2) is 0 Å². The molecule has 1 fully saturated rings. The van der Waals surface area contributed by atoms with E-state index < -0.39 is 12.2 Å². The molecular formula is C9H19NO2S. The van der Waals surface area contributed by atoms with Gasteiger partial charge in [-0.2, -0.15) is 12.6 Å². The SMILES string of the molecule is CC(S)N[C@H]1CCCC[C@@H](O)[C@H]1O. The highest BCUT2D eigenvalue weighted by Crippen LogP contribution is 2.19. The molecule has 0 amide bonds. The van der Waals surface area contributed by atoms with Crippen molar-refractivity contribution in [3.05, 3.63) is 0 Å². The third-order valence-corrected chi connectivity index (χ3v) is 2.68. The summed E-state index contributed by atoms with van der Waals surface area (Å²) in [6.45, 7) is 1.92. The van der Waals surface area contributed by atoms with Crippen molar-refractivity contribution in [1.82, 2.24) is 5.32 Å². The highest BCUT2D eigenvalue weighted by atomic mass is 32.1. The monoisotopic (exact) mass is 205 g/mol. The van der Waals surface area contributed by atoms with Gasteiger partial charge < -0.3 is 15.5 Å². The molecule has 1 unspecified atom stereocenters. The molecule has 0 saturated heterocycles. The molecule has 1 aliphatic carbocycles. The van der Waals surface area contributed by atoms with E-state index in [0.717, 1.165) is 19.3 Å². The van der Waals surface area contributed by atoms with Gasteiger partial charge in [-0.1, -0.05) is 12.8 Å². The number of hydrogen-bond acceptors (Lipinski definition) is 4. The van der Waals surface area contributed by atoms with E-state index in [-0.39, 0.29) is 11.4 Å². The summed E-state index contributed by atoms with van der Waals surface area (Å²) < 4.78 is 0. The summed E-state index contributed by atoms with van der Waals surface area (Å²) in [5.41, 5.74) is 0. The second-order valence-electron chi connectivity index (χ2n) is 3.79. The summed E-state index contributed by atoms with van der Waals surface area (Å²) >= 11 is 4.21. The molecule has 0 aliphatic heterocycles. The van der Waals surface area contributed by atoms with Gasteiger partial charge in [0, 0.05) is 11.4 Å². The van der Waals surface area contributed by atoms with Gasteiger partial charge in [-0.3, -0.25) is 0 Å². The van der Waals surface area contributed by atoms with Gasteiger partial charge in [0.1, 0.15) is 0 Å². The Labute approximate surface area is 84.9 Å². The molecule has 78 valence electrons. The first-order valence-electron chi connectivity index (χ1n) is 4.91. The van der Waals surface area contributed by atoms with Crippen LogP contribution in [0.25, 0.3) is 0 Å². The van der Waals surface area contributed by atoms with E-state index in [1.165, 1.54) is 0 Å². The van der Waals surface area contributed by atoms with Gasteiger partial charge in [0.15, 0.2) is 0 Å². The van der Waals surface area contributed by atoms with Crippen LogP contribution in [0, 0.1) is 0 Å². The Morgan fingerprint density at radius 1 is 1.31 bits per heavy atom. The molecule has 3 N–H and O–H groups in total. The van der Waals surface area contributed by atoms with E-state index in [0.29, 0.717) is 6.42 Å². The van der Waals surface area contributed by atoms with Gasteiger partial charge in [0.25, 0.3) is 0 Å². The molecule has 3 nitrogen and oxygen atoms in total. The quantitative estimate of drug-likeness (QED) is 0.302. The minimum Gasteiger partial charge on any atom is -0.390 e. The number of aliphatic hydroxyl groups excluding tert-OH is 2. The van der Waals surface area contributed by atoms with Crippen LogP contribution >= 0.6 is 12.6 Å². The molecule has 0 aromatic heterocycles. The van der Waals surface area contributed by atoms with Crippen LogP contribution in [0.15, 0.2) is 0 Å². The maximum atomic E-state index is 9.72. The van der Waals surface area contributed by atoms with Gasteiger partial charge in [0.2, 0.25) is 0 Å². The zero-order valence-corrected chi connectivity index (χ0v) is 8.87. The van der Waals surface area contributed by atoms with Crippen molar-refractivity contribution >= 4 is 12.6 Å². The van der Waals surface area contributed by atoms with Crippen LogP contribution in [0.5, 0.6) is 0 Å². The number of thiol groups is 1. The summed E-state index contributed by atoms with van der Waals surface area (Å²) in [4.78, 5) is 0. The van der Waals surface area contributed by atoms with E-state index in [4.69, 9.17) is 0 Å². The zero-order valence-electron chi connectivity index (χ0n) is 7.98.